The van der Waals surface area contributed by atoms with Crippen LogP contribution in [0.25, 0.3) is 49.5 Å². The van der Waals surface area contributed by atoms with E-state index in [0.29, 0.717) is 34.9 Å². The molecule has 3 aromatic carbocycles. The molecule has 0 aliphatic carbocycles. The van der Waals surface area contributed by atoms with Crippen LogP contribution in [0.3, 0.4) is 0 Å². The van der Waals surface area contributed by atoms with Crippen molar-refractivity contribution in [3.63, 3.8) is 0 Å². The van der Waals surface area contributed by atoms with Crippen molar-refractivity contribution >= 4 is 44.4 Å². The number of carbonyl (C=O) groups is 1. The van der Waals surface area contributed by atoms with Gasteiger partial charge in [-0.25, -0.2) is 4.79 Å². The van der Waals surface area contributed by atoms with Gasteiger partial charge in [0.25, 0.3) is 5.56 Å². The van der Waals surface area contributed by atoms with Crippen molar-refractivity contribution in [2.45, 2.75) is 6.18 Å². The first-order valence-electron chi connectivity index (χ1n) is 16.0. The van der Waals surface area contributed by atoms with Crippen LogP contribution < -0.4 is 15.8 Å². The van der Waals surface area contributed by atoms with Gasteiger partial charge < -0.3 is 20.0 Å². The molecule has 3 aromatic heterocycles. The Morgan fingerprint density at radius 1 is 0.837 bits per heavy atom. The predicted molar refractivity (Wildman–Crippen MR) is 186 cm³/mol. The summed E-state index contributed by atoms with van der Waals surface area (Å²) in [7, 11) is 3.82. The Labute approximate surface area is 280 Å². The number of hydrogen-bond acceptors (Lipinski definition) is 6. The number of halogens is 3. The predicted octanol–water partition coefficient (Wildman–Crippen LogP) is 6.17. The van der Waals surface area contributed by atoms with Gasteiger partial charge in [-0.1, -0.05) is 24.3 Å². The Kier molecular flexibility index (Phi) is 8.41. The second-order valence-corrected chi connectivity index (χ2v) is 12.4. The molecule has 250 valence electrons. The molecule has 0 unspecified atom stereocenters. The summed E-state index contributed by atoms with van der Waals surface area (Å²) < 4.78 is 45.5. The highest BCUT2D eigenvalue weighted by atomic mass is 19.4. The number of piperazine rings is 1. The van der Waals surface area contributed by atoms with Crippen molar-refractivity contribution in [1.29, 1.82) is 0 Å². The molecule has 0 saturated carbocycles. The Hall–Kier alpha value is -5.49. The number of pyridine rings is 3. The zero-order chi connectivity index (χ0) is 34.3. The molecule has 7 rings (SSSR count). The Bertz CT molecular complexity index is 2260. The number of fused-ring (bicyclic) bond motifs is 4. The van der Waals surface area contributed by atoms with Gasteiger partial charge >= 0.3 is 12.2 Å². The second-order valence-electron chi connectivity index (χ2n) is 12.4. The van der Waals surface area contributed by atoms with Crippen LogP contribution in [-0.4, -0.2) is 83.7 Å². The molecule has 49 heavy (non-hydrogen) atoms. The number of anilines is 1. The number of nitrogens with zero attached hydrogens (tertiary/aromatic N) is 6. The van der Waals surface area contributed by atoms with E-state index in [4.69, 9.17) is 0 Å². The molecule has 0 radical (unpaired) electrons. The fourth-order valence-corrected chi connectivity index (χ4v) is 6.39. The maximum atomic E-state index is 14.7. The topological polar surface area (TPSA) is 86.6 Å². The van der Waals surface area contributed by atoms with Gasteiger partial charge in [-0.3, -0.25) is 19.3 Å². The first-order valence-corrected chi connectivity index (χ1v) is 16.0. The summed E-state index contributed by atoms with van der Waals surface area (Å²) >= 11 is 0. The van der Waals surface area contributed by atoms with Gasteiger partial charge in [0.2, 0.25) is 0 Å². The highest BCUT2D eigenvalue weighted by Crippen LogP contribution is 2.39. The number of carbonyl (C=O) groups excluding carboxylic acids is 1. The third-order valence-corrected chi connectivity index (χ3v) is 8.93. The van der Waals surface area contributed by atoms with Gasteiger partial charge in [-0.05, 0) is 68.2 Å². The Morgan fingerprint density at radius 3 is 2.39 bits per heavy atom. The van der Waals surface area contributed by atoms with E-state index < -0.39 is 17.3 Å². The zero-order valence-corrected chi connectivity index (χ0v) is 27.0. The van der Waals surface area contributed by atoms with E-state index in [1.807, 2.05) is 67.5 Å². The normalized spacial score (nSPS) is 13.9. The lowest BCUT2D eigenvalue weighted by Gasteiger charge is -2.37. The largest absolute Gasteiger partial charge is 0.418 e. The van der Waals surface area contributed by atoms with Crippen LogP contribution in [0.1, 0.15) is 5.56 Å². The van der Waals surface area contributed by atoms with E-state index in [2.05, 4.69) is 15.3 Å². The van der Waals surface area contributed by atoms with E-state index in [0.717, 1.165) is 28.1 Å². The monoisotopic (exact) mass is 665 g/mol. The summed E-state index contributed by atoms with van der Waals surface area (Å²) in [6, 6.07) is 22.2. The molecule has 1 aliphatic rings. The van der Waals surface area contributed by atoms with Crippen LogP contribution in [-0.2, 0) is 6.18 Å². The molecule has 0 atom stereocenters. The molecule has 0 spiro atoms. The molecule has 12 heteroatoms. The van der Waals surface area contributed by atoms with Crippen LogP contribution in [0.2, 0.25) is 0 Å². The maximum absolute atomic E-state index is 14.7. The first-order chi connectivity index (χ1) is 23.6. The number of para-hydroxylation sites is 1. The minimum atomic E-state index is -4.69. The van der Waals surface area contributed by atoms with Crippen molar-refractivity contribution in [2.24, 2.45) is 0 Å². The number of likely N-dealkylation sites (N-methyl/N-ethyl adjacent to an activating group) is 1. The quantitative estimate of drug-likeness (QED) is 0.215. The van der Waals surface area contributed by atoms with E-state index in [1.165, 1.54) is 16.7 Å². The lowest BCUT2D eigenvalue weighted by atomic mass is 10.0. The first kappa shape index (κ1) is 32.1. The SMILES string of the molecule is CN(C)CCNC(=O)N1CCN(c2ccc(-n3c(=O)ccc4cnc5ccc(-c6cnc7ccccc7c6)cc5c43)cc2C(F)(F)F)CC1. The summed E-state index contributed by atoms with van der Waals surface area (Å²) in [6.45, 7) is 2.20. The fraction of sp³-hybridized carbons (Fsp3) is 0.243. The second kappa shape index (κ2) is 12.8. The highest BCUT2D eigenvalue weighted by molar-refractivity contribution is 6.05. The van der Waals surface area contributed by atoms with Crippen molar-refractivity contribution in [3.8, 4) is 16.8 Å². The lowest BCUT2D eigenvalue weighted by Crippen LogP contribution is -2.52. The number of urea groups is 1. The van der Waals surface area contributed by atoms with Crippen molar-refractivity contribution in [3.05, 3.63) is 107 Å². The summed E-state index contributed by atoms with van der Waals surface area (Å²) in [5.74, 6) is 0. The number of hydrogen-bond donors (Lipinski definition) is 1. The molecule has 1 saturated heterocycles. The number of rotatable bonds is 6. The Morgan fingerprint density at radius 2 is 1.61 bits per heavy atom. The lowest BCUT2D eigenvalue weighted by molar-refractivity contribution is -0.137. The van der Waals surface area contributed by atoms with Gasteiger partial charge in [0.15, 0.2) is 0 Å². The molecular weight excluding hydrogens is 631 g/mol. The molecule has 0 bridgehead atoms. The minimum Gasteiger partial charge on any atom is -0.367 e. The number of alkyl halides is 3. The van der Waals surface area contributed by atoms with Crippen molar-refractivity contribution in [1.82, 2.24) is 29.7 Å². The zero-order valence-electron chi connectivity index (χ0n) is 27.0. The summed E-state index contributed by atoms with van der Waals surface area (Å²) in [5.41, 5.74) is 2.40. The number of nitrogens with one attached hydrogen (secondary N) is 1. The molecule has 1 N–H and O–H groups in total. The number of aromatic nitrogens is 3. The van der Waals surface area contributed by atoms with Crippen molar-refractivity contribution in [2.75, 3.05) is 58.3 Å². The van der Waals surface area contributed by atoms with Crippen LogP contribution >= 0.6 is 0 Å². The smallest absolute Gasteiger partial charge is 0.367 e. The summed E-state index contributed by atoms with van der Waals surface area (Å²) in [4.78, 5) is 40.5. The van der Waals surface area contributed by atoms with Crippen LogP contribution in [0.5, 0.6) is 0 Å². The molecule has 4 heterocycles. The van der Waals surface area contributed by atoms with Gasteiger partial charge in [0.1, 0.15) is 0 Å². The maximum Gasteiger partial charge on any atom is 0.418 e. The highest BCUT2D eigenvalue weighted by Gasteiger charge is 2.36. The minimum absolute atomic E-state index is 0.00909. The van der Waals surface area contributed by atoms with Crippen LogP contribution in [0.4, 0.5) is 23.7 Å². The van der Waals surface area contributed by atoms with E-state index in [-0.39, 0.29) is 43.6 Å². The summed E-state index contributed by atoms with van der Waals surface area (Å²) in [6.07, 6.45) is -1.29. The standard InChI is InChI=1S/C37H34F3N7O2/c1-44(2)14-13-41-36(49)46-17-15-45(16-18-46)33-11-9-28(21-30(33)37(38,39)40)47-34(48)12-8-26-22-43-32-10-7-24(20-29(32)35(26)47)27-19-25-5-3-4-6-31(25)42-23-27/h3-12,19-23H,13-18H2,1-2H3,(H,41,49). The molecule has 9 nitrogen and oxygen atoms in total. The molecule has 1 aliphatic heterocycles. The molecule has 1 fully saturated rings. The summed E-state index contributed by atoms with van der Waals surface area (Å²) in [5, 5.41) is 5.06. The third-order valence-electron chi connectivity index (χ3n) is 8.93. The molecule has 6 aromatic rings. The van der Waals surface area contributed by atoms with Crippen LogP contribution in [0.15, 0.2) is 96.1 Å². The van der Waals surface area contributed by atoms with E-state index in [1.54, 1.807) is 34.3 Å². The van der Waals surface area contributed by atoms with E-state index >= 15 is 0 Å². The van der Waals surface area contributed by atoms with E-state index in [9.17, 15) is 22.8 Å². The van der Waals surface area contributed by atoms with Crippen molar-refractivity contribution < 1.29 is 18.0 Å². The van der Waals surface area contributed by atoms with Gasteiger partial charge in [0, 0.05) is 85.1 Å². The van der Waals surface area contributed by atoms with Crippen LogP contribution in [0, 0.1) is 0 Å². The number of amides is 2. The Balaban J connectivity index is 1.27. The third kappa shape index (κ3) is 6.39. The average Bonchev–Trinajstić information content (AvgIpc) is 3.10. The van der Waals surface area contributed by atoms with Gasteiger partial charge in [0.05, 0.1) is 27.8 Å². The molecular formula is C37H34F3N7O2. The van der Waals surface area contributed by atoms with Gasteiger partial charge in [-0.15, -0.1) is 0 Å². The molecule has 2 amide bonds. The van der Waals surface area contributed by atoms with Gasteiger partial charge in [-0.2, -0.15) is 13.2 Å². The fourth-order valence-electron chi connectivity index (χ4n) is 6.39. The number of benzene rings is 3. The average molecular weight is 666 g/mol.